The number of hydrogen-bond donors (Lipinski definition) is 1. The van der Waals surface area contributed by atoms with Crippen LogP contribution in [0.25, 0.3) is 0 Å². The number of aryl methyl sites for hydroxylation is 2. The number of anilines is 1. The predicted molar refractivity (Wildman–Crippen MR) is 73.6 cm³/mol. The molecule has 1 amide bonds. The molecule has 0 spiro atoms. The summed E-state index contributed by atoms with van der Waals surface area (Å²) >= 11 is 3.38. The van der Waals surface area contributed by atoms with Gasteiger partial charge in [-0.2, -0.15) is 0 Å². The van der Waals surface area contributed by atoms with Gasteiger partial charge in [-0.05, 0) is 48.0 Å². The molecule has 0 saturated heterocycles. The molecule has 0 bridgehead atoms. The van der Waals surface area contributed by atoms with Gasteiger partial charge in [-0.25, -0.2) is 0 Å². The molecule has 0 aromatic carbocycles. The zero-order valence-electron chi connectivity index (χ0n) is 10.1. The third kappa shape index (κ3) is 2.92. The highest BCUT2D eigenvalue weighted by Gasteiger charge is 2.07. The fourth-order valence-corrected chi connectivity index (χ4v) is 1.81. The number of rotatable bonds is 2. The van der Waals surface area contributed by atoms with Crippen LogP contribution in [0.5, 0.6) is 0 Å². The SMILES string of the molecule is Cc1cc(C(=O)Nc2cnc(C)c(Br)c2)ccn1. The second-order valence-corrected chi connectivity index (χ2v) is 4.79. The lowest BCUT2D eigenvalue weighted by Crippen LogP contribution is -2.12. The first-order valence-electron chi connectivity index (χ1n) is 5.42. The second-order valence-electron chi connectivity index (χ2n) is 3.93. The highest BCUT2D eigenvalue weighted by molar-refractivity contribution is 9.10. The van der Waals surface area contributed by atoms with Gasteiger partial charge in [0.05, 0.1) is 17.6 Å². The lowest BCUT2D eigenvalue weighted by atomic mass is 10.2. The first-order valence-corrected chi connectivity index (χ1v) is 6.22. The van der Waals surface area contributed by atoms with Crippen molar-refractivity contribution < 1.29 is 4.79 Å². The third-order valence-corrected chi connectivity index (χ3v) is 3.24. The van der Waals surface area contributed by atoms with Crippen LogP contribution in [-0.4, -0.2) is 15.9 Å². The molecule has 0 saturated carbocycles. The Balaban J connectivity index is 2.18. The first kappa shape index (κ1) is 12.7. The Morgan fingerprint density at radius 2 is 2.06 bits per heavy atom. The Morgan fingerprint density at radius 3 is 2.72 bits per heavy atom. The molecule has 2 rings (SSSR count). The lowest BCUT2D eigenvalue weighted by molar-refractivity contribution is 0.102. The fourth-order valence-electron chi connectivity index (χ4n) is 1.46. The van der Waals surface area contributed by atoms with Gasteiger partial charge in [-0.1, -0.05) is 0 Å². The Kier molecular flexibility index (Phi) is 3.72. The topological polar surface area (TPSA) is 54.9 Å². The summed E-state index contributed by atoms with van der Waals surface area (Å²) in [6, 6.07) is 5.25. The van der Waals surface area contributed by atoms with E-state index in [-0.39, 0.29) is 5.91 Å². The van der Waals surface area contributed by atoms with Crippen molar-refractivity contribution >= 4 is 27.5 Å². The number of amides is 1. The quantitative estimate of drug-likeness (QED) is 0.927. The van der Waals surface area contributed by atoms with E-state index in [1.165, 1.54) is 0 Å². The van der Waals surface area contributed by atoms with Gasteiger partial charge < -0.3 is 5.32 Å². The summed E-state index contributed by atoms with van der Waals surface area (Å²) < 4.78 is 0.867. The summed E-state index contributed by atoms with van der Waals surface area (Å²) in [6.45, 7) is 3.74. The maximum Gasteiger partial charge on any atom is 0.255 e. The summed E-state index contributed by atoms with van der Waals surface area (Å²) in [4.78, 5) is 20.2. The Hall–Kier alpha value is -1.75. The molecule has 2 heterocycles. The normalized spacial score (nSPS) is 10.2. The van der Waals surface area contributed by atoms with E-state index in [9.17, 15) is 4.79 Å². The van der Waals surface area contributed by atoms with Gasteiger partial charge in [0.15, 0.2) is 0 Å². The third-order valence-electron chi connectivity index (χ3n) is 2.44. The van der Waals surface area contributed by atoms with Crippen molar-refractivity contribution in [1.29, 1.82) is 0 Å². The summed E-state index contributed by atoms with van der Waals surface area (Å²) in [5, 5.41) is 2.79. The van der Waals surface area contributed by atoms with E-state index in [0.717, 1.165) is 15.9 Å². The van der Waals surface area contributed by atoms with Gasteiger partial charge >= 0.3 is 0 Å². The average molecular weight is 306 g/mol. The monoisotopic (exact) mass is 305 g/mol. The van der Waals surface area contributed by atoms with Crippen molar-refractivity contribution in [2.75, 3.05) is 5.32 Å². The van der Waals surface area contributed by atoms with Crippen LogP contribution in [0.3, 0.4) is 0 Å². The number of carbonyl (C=O) groups is 1. The van der Waals surface area contributed by atoms with Crippen molar-refractivity contribution in [3.8, 4) is 0 Å². The molecule has 92 valence electrons. The van der Waals surface area contributed by atoms with Crippen LogP contribution in [0.4, 0.5) is 5.69 Å². The van der Waals surface area contributed by atoms with Crippen LogP contribution in [0.1, 0.15) is 21.7 Å². The number of pyridine rings is 2. The van der Waals surface area contributed by atoms with Crippen molar-refractivity contribution in [2.45, 2.75) is 13.8 Å². The molecule has 0 unspecified atom stereocenters. The van der Waals surface area contributed by atoms with Crippen LogP contribution in [-0.2, 0) is 0 Å². The Bertz CT molecular complexity index is 599. The van der Waals surface area contributed by atoms with Crippen LogP contribution in [0.2, 0.25) is 0 Å². The maximum atomic E-state index is 12.0. The van der Waals surface area contributed by atoms with E-state index in [1.54, 1.807) is 24.5 Å². The summed E-state index contributed by atoms with van der Waals surface area (Å²) in [6.07, 6.45) is 3.25. The molecular weight excluding hydrogens is 294 g/mol. The number of aromatic nitrogens is 2. The maximum absolute atomic E-state index is 12.0. The minimum atomic E-state index is -0.168. The molecule has 0 atom stereocenters. The summed E-state index contributed by atoms with van der Waals surface area (Å²) in [5.41, 5.74) is 2.93. The molecule has 0 aliphatic heterocycles. The Morgan fingerprint density at radius 1 is 1.28 bits per heavy atom. The van der Waals surface area contributed by atoms with E-state index in [2.05, 4.69) is 31.2 Å². The van der Waals surface area contributed by atoms with Crippen LogP contribution in [0, 0.1) is 13.8 Å². The molecule has 0 aliphatic carbocycles. The minimum absolute atomic E-state index is 0.168. The zero-order valence-corrected chi connectivity index (χ0v) is 11.7. The van der Waals surface area contributed by atoms with Gasteiger partial charge in [-0.3, -0.25) is 14.8 Å². The van der Waals surface area contributed by atoms with E-state index in [4.69, 9.17) is 0 Å². The lowest BCUT2D eigenvalue weighted by Gasteiger charge is -2.06. The average Bonchev–Trinajstić information content (AvgIpc) is 2.34. The second kappa shape index (κ2) is 5.27. The van der Waals surface area contributed by atoms with Crippen LogP contribution >= 0.6 is 15.9 Å². The summed E-state index contributed by atoms with van der Waals surface area (Å²) in [7, 11) is 0. The van der Waals surface area contributed by atoms with E-state index in [0.29, 0.717) is 11.3 Å². The molecule has 0 radical (unpaired) electrons. The van der Waals surface area contributed by atoms with Crippen LogP contribution < -0.4 is 5.32 Å². The molecular formula is C13H12BrN3O. The smallest absolute Gasteiger partial charge is 0.255 e. The Labute approximate surface area is 114 Å². The number of halogens is 1. The molecule has 18 heavy (non-hydrogen) atoms. The van der Waals surface area contributed by atoms with Gasteiger partial charge in [-0.15, -0.1) is 0 Å². The fraction of sp³-hybridized carbons (Fsp3) is 0.154. The van der Waals surface area contributed by atoms with Crippen LogP contribution in [0.15, 0.2) is 35.1 Å². The molecule has 2 aromatic heterocycles. The predicted octanol–water partition coefficient (Wildman–Crippen LogP) is 3.11. The van der Waals surface area contributed by atoms with E-state index in [1.807, 2.05) is 19.9 Å². The highest BCUT2D eigenvalue weighted by atomic mass is 79.9. The van der Waals surface area contributed by atoms with Crippen molar-refractivity contribution in [1.82, 2.24) is 9.97 Å². The minimum Gasteiger partial charge on any atom is -0.321 e. The molecule has 0 aliphatic rings. The zero-order chi connectivity index (χ0) is 13.1. The molecule has 5 heteroatoms. The van der Waals surface area contributed by atoms with Crippen molar-refractivity contribution in [3.63, 3.8) is 0 Å². The van der Waals surface area contributed by atoms with Gasteiger partial charge in [0.2, 0.25) is 0 Å². The first-order chi connectivity index (χ1) is 8.56. The summed E-state index contributed by atoms with van der Waals surface area (Å²) in [5.74, 6) is -0.168. The molecule has 0 fully saturated rings. The van der Waals surface area contributed by atoms with Gasteiger partial charge in [0, 0.05) is 21.9 Å². The number of hydrogen-bond acceptors (Lipinski definition) is 3. The molecule has 1 N–H and O–H groups in total. The highest BCUT2D eigenvalue weighted by Crippen LogP contribution is 2.18. The largest absolute Gasteiger partial charge is 0.321 e. The number of nitrogens with zero attached hydrogens (tertiary/aromatic N) is 2. The number of nitrogens with one attached hydrogen (secondary N) is 1. The van der Waals surface area contributed by atoms with Crippen molar-refractivity contribution in [3.05, 3.63) is 52.0 Å². The number of carbonyl (C=O) groups excluding carboxylic acids is 1. The van der Waals surface area contributed by atoms with Gasteiger partial charge in [0.25, 0.3) is 5.91 Å². The van der Waals surface area contributed by atoms with Crippen molar-refractivity contribution in [2.24, 2.45) is 0 Å². The van der Waals surface area contributed by atoms with E-state index >= 15 is 0 Å². The molecule has 4 nitrogen and oxygen atoms in total. The van der Waals surface area contributed by atoms with Gasteiger partial charge in [0.1, 0.15) is 0 Å². The molecule has 2 aromatic rings. The standard InChI is InChI=1S/C13H12BrN3O/c1-8-5-10(3-4-15-8)13(18)17-11-6-12(14)9(2)16-7-11/h3-7H,1-2H3,(H,17,18). The van der Waals surface area contributed by atoms with E-state index < -0.39 is 0 Å².